The van der Waals surface area contributed by atoms with Crippen molar-refractivity contribution in [2.75, 3.05) is 5.73 Å². The zero-order valence-electron chi connectivity index (χ0n) is 11.0. The van der Waals surface area contributed by atoms with Crippen LogP contribution in [0.2, 0.25) is 0 Å². The number of nitrogen functional groups attached to an aromatic ring is 1. The van der Waals surface area contributed by atoms with E-state index in [1.165, 1.54) is 6.33 Å². The van der Waals surface area contributed by atoms with Crippen molar-refractivity contribution in [2.45, 2.75) is 13.8 Å². The fourth-order valence-electron chi connectivity index (χ4n) is 2.38. The lowest BCUT2D eigenvalue weighted by molar-refractivity contribution is 0.592. The molecular weight excluding hydrogens is 262 g/mol. The Kier molecular flexibility index (Phi) is 2.67. The first-order chi connectivity index (χ1) is 9.50. The van der Waals surface area contributed by atoms with Gasteiger partial charge in [0.15, 0.2) is 5.65 Å². The molecular formula is C14H12F2N4. The lowest BCUT2D eigenvalue weighted by atomic mass is 10.2. The van der Waals surface area contributed by atoms with E-state index < -0.39 is 11.6 Å². The first kappa shape index (κ1) is 12.5. The van der Waals surface area contributed by atoms with Crippen molar-refractivity contribution in [2.24, 2.45) is 0 Å². The summed E-state index contributed by atoms with van der Waals surface area (Å²) in [6.07, 6.45) is 1.31. The summed E-state index contributed by atoms with van der Waals surface area (Å²) in [6.45, 7) is 3.66. The van der Waals surface area contributed by atoms with Gasteiger partial charge in [-0.2, -0.15) is 0 Å². The normalized spacial score (nSPS) is 11.2. The lowest BCUT2D eigenvalue weighted by Gasteiger charge is -2.09. The van der Waals surface area contributed by atoms with Gasteiger partial charge in [-0.05, 0) is 31.5 Å². The van der Waals surface area contributed by atoms with Crippen LogP contribution >= 0.6 is 0 Å². The van der Waals surface area contributed by atoms with Crippen molar-refractivity contribution < 1.29 is 8.78 Å². The molecule has 6 heteroatoms. The molecule has 1 aromatic carbocycles. The van der Waals surface area contributed by atoms with Gasteiger partial charge >= 0.3 is 0 Å². The summed E-state index contributed by atoms with van der Waals surface area (Å²) in [5, 5.41) is 0.661. The molecule has 2 N–H and O–H groups in total. The predicted molar refractivity (Wildman–Crippen MR) is 72.7 cm³/mol. The van der Waals surface area contributed by atoms with Gasteiger partial charge in [0.1, 0.15) is 23.8 Å². The molecule has 0 spiro atoms. The molecule has 2 aromatic heterocycles. The zero-order valence-corrected chi connectivity index (χ0v) is 11.0. The molecule has 0 unspecified atom stereocenters. The molecule has 0 amide bonds. The van der Waals surface area contributed by atoms with Crippen LogP contribution in [0.15, 0.2) is 24.5 Å². The van der Waals surface area contributed by atoms with E-state index in [9.17, 15) is 8.78 Å². The second kappa shape index (κ2) is 4.26. The molecule has 20 heavy (non-hydrogen) atoms. The number of benzene rings is 1. The molecule has 0 fully saturated rings. The molecule has 0 aliphatic heterocycles. The second-order valence-electron chi connectivity index (χ2n) is 4.60. The summed E-state index contributed by atoms with van der Waals surface area (Å²) in [5.41, 5.74) is 8.03. The topological polar surface area (TPSA) is 56.7 Å². The Bertz CT molecular complexity index is 824. The number of hydrogen-bond acceptors (Lipinski definition) is 3. The van der Waals surface area contributed by atoms with Gasteiger partial charge in [-0.15, -0.1) is 0 Å². The van der Waals surface area contributed by atoms with Crippen molar-refractivity contribution in [1.29, 1.82) is 0 Å². The number of rotatable bonds is 1. The highest BCUT2D eigenvalue weighted by atomic mass is 19.1. The lowest BCUT2D eigenvalue weighted by Crippen LogP contribution is -2.02. The molecule has 0 aliphatic rings. The monoisotopic (exact) mass is 274 g/mol. The van der Waals surface area contributed by atoms with Crippen LogP contribution in [0.1, 0.15) is 11.3 Å². The predicted octanol–water partition coefficient (Wildman–Crippen LogP) is 2.90. The average Bonchev–Trinajstić information content (AvgIpc) is 2.66. The summed E-state index contributed by atoms with van der Waals surface area (Å²) < 4.78 is 29.0. The fraction of sp³-hybridized carbons (Fsp3) is 0.143. The van der Waals surface area contributed by atoms with Crippen LogP contribution in [-0.2, 0) is 0 Å². The SMILES string of the molecule is Cc1c(C)n(-c2cc(F)ccc2F)c2ncnc(N)c12. The Morgan fingerprint density at radius 2 is 1.90 bits per heavy atom. The number of nitrogens with zero attached hydrogens (tertiary/aromatic N) is 3. The highest BCUT2D eigenvalue weighted by Gasteiger charge is 2.18. The fourth-order valence-corrected chi connectivity index (χ4v) is 2.38. The number of aryl methyl sites for hydroxylation is 1. The molecule has 2 heterocycles. The molecule has 3 rings (SSSR count). The van der Waals surface area contributed by atoms with Crippen LogP contribution in [0.25, 0.3) is 16.7 Å². The number of fused-ring (bicyclic) bond motifs is 1. The van der Waals surface area contributed by atoms with Crippen LogP contribution in [0.5, 0.6) is 0 Å². The van der Waals surface area contributed by atoms with Gasteiger partial charge in [0.2, 0.25) is 0 Å². The van der Waals surface area contributed by atoms with Crippen LogP contribution in [0, 0.1) is 25.5 Å². The van der Waals surface area contributed by atoms with Gasteiger partial charge in [-0.25, -0.2) is 18.7 Å². The third kappa shape index (κ3) is 1.65. The maximum Gasteiger partial charge on any atom is 0.150 e. The molecule has 3 aromatic rings. The Morgan fingerprint density at radius 3 is 2.65 bits per heavy atom. The van der Waals surface area contributed by atoms with E-state index >= 15 is 0 Å². The Morgan fingerprint density at radius 1 is 1.15 bits per heavy atom. The summed E-state index contributed by atoms with van der Waals surface area (Å²) in [7, 11) is 0. The summed E-state index contributed by atoms with van der Waals surface area (Å²) in [4.78, 5) is 8.10. The minimum absolute atomic E-state index is 0.110. The Labute approximate surface area is 113 Å². The average molecular weight is 274 g/mol. The van der Waals surface area contributed by atoms with E-state index in [4.69, 9.17) is 5.73 Å². The van der Waals surface area contributed by atoms with E-state index in [0.29, 0.717) is 16.9 Å². The highest BCUT2D eigenvalue weighted by Crippen LogP contribution is 2.30. The van der Waals surface area contributed by atoms with Crippen molar-refractivity contribution in [3.63, 3.8) is 0 Å². The van der Waals surface area contributed by atoms with Crippen molar-refractivity contribution >= 4 is 16.9 Å². The molecule has 0 saturated heterocycles. The third-order valence-corrected chi connectivity index (χ3v) is 3.47. The second-order valence-corrected chi connectivity index (χ2v) is 4.60. The molecule has 102 valence electrons. The largest absolute Gasteiger partial charge is 0.383 e. The first-order valence-corrected chi connectivity index (χ1v) is 6.04. The minimum Gasteiger partial charge on any atom is -0.383 e. The van der Waals surface area contributed by atoms with Gasteiger partial charge in [0, 0.05) is 11.8 Å². The first-order valence-electron chi connectivity index (χ1n) is 6.04. The van der Waals surface area contributed by atoms with Gasteiger partial charge in [0.05, 0.1) is 11.1 Å². The van der Waals surface area contributed by atoms with Gasteiger partial charge in [-0.3, -0.25) is 4.57 Å². The molecule has 0 radical (unpaired) electrons. The van der Waals surface area contributed by atoms with Crippen LogP contribution in [-0.4, -0.2) is 14.5 Å². The van der Waals surface area contributed by atoms with E-state index in [2.05, 4.69) is 9.97 Å². The number of nitrogens with two attached hydrogens (primary N) is 1. The summed E-state index contributed by atoms with van der Waals surface area (Å²) in [6, 6.07) is 3.31. The number of anilines is 1. The Hall–Kier alpha value is -2.50. The number of aromatic nitrogens is 3. The molecule has 0 atom stereocenters. The van der Waals surface area contributed by atoms with Crippen molar-refractivity contribution in [1.82, 2.24) is 14.5 Å². The van der Waals surface area contributed by atoms with Gasteiger partial charge in [-0.1, -0.05) is 0 Å². The number of halogens is 2. The third-order valence-electron chi connectivity index (χ3n) is 3.47. The van der Waals surface area contributed by atoms with E-state index in [-0.39, 0.29) is 5.69 Å². The van der Waals surface area contributed by atoms with Crippen molar-refractivity contribution in [3.05, 3.63) is 47.4 Å². The molecule has 0 bridgehead atoms. The molecule has 0 aliphatic carbocycles. The van der Waals surface area contributed by atoms with E-state index in [1.807, 2.05) is 6.92 Å². The van der Waals surface area contributed by atoms with Gasteiger partial charge in [0.25, 0.3) is 0 Å². The highest BCUT2D eigenvalue weighted by molar-refractivity contribution is 5.92. The van der Waals surface area contributed by atoms with Crippen LogP contribution in [0.4, 0.5) is 14.6 Å². The zero-order chi connectivity index (χ0) is 14.4. The van der Waals surface area contributed by atoms with E-state index in [1.54, 1.807) is 11.5 Å². The molecule has 4 nitrogen and oxygen atoms in total. The minimum atomic E-state index is -0.524. The Balaban J connectivity index is 2.46. The van der Waals surface area contributed by atoms with Gasteiger partial charge < -0.3 is 5.73 Å². The quantitative estimate of drug-likeness (QED) is 0.742. The maximum absolute atomic E-state index is 14.0. The standard InChI is InChI=1S/C14H12F2N4/c1-7-8(2)20(11-5-9(15)3-4-10(11)16)14-12(7)13(17)18-6-19-14/h3-6H,1-2H3,(H2,17,18,19). The molecule has 0 saturated carbocycles. The van der Waals surface area contributed by atoms with E-state index in [0.717, 1.165) is 29.5 Å². The summed E-state index contributed by atoms with van der Waals surface area (Å²) >= 11 is 0. The van der Waals surface area contributed by atoms with Crippen LogP contribution in [0.3, 0.4) is 0 Å². The maximum atomic E-state index is 14.0. The summed E-state index contributed by atoms with van der Waals surface area (Å²) in [5.74, 6) is -0.711. The smallest absolute Gasteiger partial charge is 0.150 e. The van der Waals surface area contributed by atoms with Crippen molar-refractivity contribution in [3.8, 4) is 5.69 Å². The number of hydrogen-bond donors (Lipinski definition) is 1. The van der Waals surface area contributed by atoms with Crippen LogP contribution < -0.4 is 5.73 Å².